The molecule has 3 heterocycles. The van der Waals surface area contributed by atoms with E-state index in [1.165, 1.54) is 17.8 Å². The van der Waals surface area contributed by atoms with Crippen LogP contribution in [0.15, 0.2) is 54.0 Å². The molecular formula is C26H35N6O7P. The van der Waals surface area contributed by atoms with Crippen molar-refractivity contribution >= 4 is 13.7 Å². The molecule has 1 aliphatic rings. The van der Waals surface area contributed by atoms with E-state index in [0.717, 1.165) is 5.69 Å². The van der Waals surface area contributed by atoms with Crippen LogP contribution in [0, 0.1) is 5.92 Å². The Labute approximate surface area is 232 Å². The molecule has 3 aromatic rings. The van der Waals surface area contributed by atoms with E-state index in [1.807, 2.05) is 13.8 Å². The van der Waals surface area contributed by atoms with Crippen molar-refractivity contribution in [1.82, 2.24) is 29.4 Å². The minimum absolute atomic E-state index is 0.0295. The van der Waals surface area contributed by atoms with Gasteiger partial charge in [0.2, 0.25) is 0 Å². The van der Waals surface area contributed by atoms with Gasteiger partial charge in [0, 0.05) is 17.8 Å². The molecule has 0 spiro atoms. The number of rotatable bonds is 12. The molecule has 0 radical (unpaired) electrons. The molecule has 0 amide bonds. The van der Waals surface area contributed by atoms with Crippen LogP contribution in [0.5, 0.6) is 5.75 Å². The summed E-state index contributed by atoms with van der Waals surface area (Å²) in [6, 6.07) is 7.45. The van der Waals surface area contributed by atoms with Gasteiger partial charge in [-0.05, 0) is 63.9 Å². The zero-order valence-electron chi connectivity index (χ0n) is 23.2. The number of aryl methyl sites for hydroxylation is 1. The highest BCUT2D eigenvalue weighted by molar-refractivity contribution is 7.52. The lowest BCUT2D eigenvalue weighted by molar-refractivity contribution is -0.149. The number of esters is 1. The fourth-order valence-corrected chi connectivity index (χ4v) is 5.76. The smallest absolute Gasteiger partial charge is 0.459 e. The summed E-state index contributed by atoms with van der Waals surface area (Å²) in [5.41, 5.74) is 1.04. The van der Waals surface area contributed by atoms with Crippen LogP contribution in [0.25, 0.3) is 5.69 Å². The summed E-state index contributed by atoms with van der Waals surface area (Å²) in [5.74, 6) is -0.383. The van der Waals surface area contributed by atoms with Crippen LogP contribution in [-0.2, 0) is 29.8 Å². The number of ether oxygens (including phenoxy) is 2. The summed E-state index contributed by atoms with van der Waals surface area (Å²) in [4.78, 5) is 33.0. The van der Waals surface area contributed by atoms with Gasteiger partial charge in [-0.3, -0.25) is 13.9 Å². The predicted octanol–water partition coefficient (Wildman–Crippen LogP) is 3.44. The van der Waals surface area contributed by atoms with Gasteiger partial charge < -0.3 is 14.0 Å². The van der Waals surface area contributed by atoms with Crippen LogP contribution in [0.3, 0.4) is 0 Å². The maximum atomic E-state index is 13.9. The molecule has 5 unspecified atom stereocenters. The van der Waals surface area contributed by atoms with Crippen molar-refractivity contribution in [2.24, 2.45) is 5.92 Å². The van der Waals surface area contributed by atoms with E-state index < -0.39 is 32.1 Å². The zero-order valence-corrected chi connectivity index (χ0v) is 24.1. The number of benzene rings is 1. The fraction of sp³-hybridized carbons (Fsp3) is 0.500. The highest BCUT2D eigenvalue weighted by Crippen LogP contribution is 2.46. The van der Waals surface area contributed by atoms with Gasteiger partial charge in [-0.2, -0.15) is 15.2 Å². The molecule has 1 fully saturated rings. The number of nitrogens with zero attached hydrogens (tertiary/aromatic N) is 5. The summed E-state index contributed by atoms with van der Waals surface area (Å²) >= 11 is 0. The van der Waals surface area contributed by atoms with Gasteiger partial charge in [0.05, 0.1) is 24.5 Å². The maximum Gasteiger partial charge on any atom is 0.459 e. The molecule has 2 aromatic heterocycles. The van der Waals surface area contributed by atoms with Crippen molar-refractivity contribution in [1.29, 1.82) is 0 Å². The van der Waals surface area contributed by atoms with E-state index in [0.29, 0.717) is 18.5 Å². The number of hydrogen-bond donors (Lipinski definition) is 1. The molecule has 0 saturated carbocycles. The summed E-state index contributed by atoms with van der Waals surface area (Å²) in [6.07, 6.45) is 4.47. The number of carbonyl (C=O) groups excluding carboxylic acids is 1. The van der Waals surface area contributed by atoms with Crippen LogP contribution < -0.4 is 15.3 Å². The van der Waals surface area contributed by atoms with E-state index in [4.69, 9.17) is 18.5 Å². The molecule has 1 aliphatic heterocycles. The molecule has 40 heavy (non-hydrogen) atoms. The minimum atomic E-state index is -4.10. The largest absolute Gasteiger partial charge is 0.462 e. The number of hydrogen-bond acceptors (Lipinski definition) is 10. The van der Waals surface area contributed by atoms with E-state index in [2.05, 4.69) is 20.2 Å². The molecule has 1 saturated heterocycles. The lowest BCUT2D eigenvalue weighted by Crippen LogP contribution is -2.36. The monoisotopic (exact) mass is 574 g/mol. The van der Waals surface area contributed by atoms with Crippen molar-refractivity contribution in [2.75, 3.05) is 6.61 Å². The molecular weight excluding hydrogens is 539 g/mol. The van der Waals surface area contributed by atoms with Gasteiger partial charge in [0.25, 0.3) is 0 Å². The van der Waals surface area contributed by atoms with Crippen LogP contribution in [-0.4, -0.2) is 55.1 Å². The lowest BCUT2D eigenvalue weighted by Gasteiger charge is -2.24. The summed E-state index contributed by atoms with van der Waals surface area (Å²) in [7, 11) is -4.10. The number of carbonyl (C=O) groups is 1. The Kier molecular flexibility index (Phi) is 9.52. The highest BCUT2D eigenvalue weighted by Gasteiger charge is 2.38. The summed E-state index contributed by atoms with van der Waals surface area (Å²) in [6.45, 7) is 8.74. The Morgan fingerprint density at radius 3 is 2.60 bits per heavy atom. The molecule has 0 aliphatic carbocycles. The van der Waals surface area contributed by atoms with Crippen molar-refractivity contribution < 1.29 is 27.9 Å². The third-order valence-corrected chi connectivity index (χ3v) is 7.85. The van der Waals surface area contributed by atoms with Crippen molar-refractivity contribution in [3.05, 3.63) is 65.4 Å². The first-order chi connectivity index (χ1) is 19.1. The average molecular weight is 575 g/mol. The Hall–Kier alpha value is -3.38. The SMILES string of the molecule is CCc1ccn(C2OC(COP(=O)(NC(C)C(=O)OC(C)C)Oc3ccc(-n4cncn4)cc3)CC2C)c(=O)n1. The highest BCUT2D eigenvalue weighted by atomic mass is 31.2. The maximum absolute atomic E-state index is 13.9. The van der Waals surface area contributed by atoms with Crippen LogP contribution >= 0.6 is 7.75 Å². The molecule has 13 nitrogen and oxygen atoms in total. The molecule has 1 N–H and O–H groups in total. The molecule has 4 rings (SSSR count). The molecule has 5 atom stereocenters. The molecule has 0 bridgehead atoms. The van der Waals surface area contributed by atoms with Gasteiger partial charge in [-0.1, -0.05) is 13.8 Å². The number of nitrogens with one attached hydrogen (secondary N) is 1. The zero-order chi connectivity index (χ0) is 28.9. The van der Waals surface area contributed by atoms with Crippen LogP contribution in [0.1, 0.15) is 53.0 Å². The topological polar surface area (TPSA) is 149 Å². The van der Waals surface area contributed by atoms with Crippen molar-refractivity contribution in [2.45, 2.75) is 71.9 Å². The van der Waals surface area contributed by atoms with Crippen molar-refractivity contribution in [3.63, 3.8) is 0 Å². The van der Waals surface area contributed by atoms with Gasteiger partial charge in [0.1, 0.15) is 30.7 Å². The summed E-state index contributed by atoms with van der Waals surface area (Å²) < 4.78 is 39.9. The summed E-state index contributed by atoms with van der Waals surface area (Å²) in [5, 5.41) is 6.75. The first-order valence-corrected chi connectivity index (χ1v) is 14.7. The van der Waals surface area contributed by atoms with E-state index in [1.54, 1.807) is 61.4 Å². The third-order valence-electron chi connectivity index (χ3n) is 6.21. The van der Waals surface area contributed by atoms with E-state index >= 15 is 0 Å². The second-order valence-corrected chi connectivity index (χ2v) is 11.6. The average Bonchev–Trinajstić information content (AvgIpc) is 3.58. The first kappa shape index (κ1) is 29.6. The lowest BCUT2D eigenvalue weighted by atomic mass is 10.1. The Bertz CT molecular complexity index is 1380. The van der Waals surface area contributed by atoms with Crippen LogP contribution in [0.4, 0.5) is 0 Å². The van der Waals surface area contributed by atoms with Crippen molar-refractivity contribution in [3.8, 4) is 11.4 Å². The van der Waals surface area contributed by atoms with Gasteiger partial charge >= 0.3 is 19.4 Å². The van der Waals surface area contributed by atoms with Gasteiger partial charge in [-0.25, -0.2) is 19.0 Å². The standard InChI is InChI=1S/C26H35N6O7P/c1-6-20-11-12-31(26(34)29-20)24-18(4)13-23(38-24)14-36-40(35,30-19(5)25(33)37-17(2)3)39-22-9-7-21(8-10-22)32-16-27-15-28-32/h7-12,15-19,23-24H,6,13-14H2,1-5H3,(H,30,35). The predicted molar refractivity (Wildman–Crippen MR) is 145 cm³/mol. The van der Waals surface area contributed by atoms with Crippen LogP contribution in [0.2, 0.25) is 0 Å². The van der Waals surface area contributed by atoms with Gasteiger partial charge in [0.15, 0.2) is 0 Å². The second-order valence-electron chi connectivity index (χ2n) is 9.88. The second kappa shape index (κ2) is 12.9. The Morgan fingerprint density at radius 2 is 1.98 bits per heavy atom. The minimum Gasteiger partial charge on any atom is -0.462 e. The molecule has 14 heteroatoms. The van der Waals surface area contributed by atoms with E-state index in [-0.39, 0.29) is 30.1 Å². The number of aromatic nitrogens is 5. The normalized spacial score (nSPS) is 21.2. The quantitative estimate of drug-likeness (QED) is 0.250. The van der Waals surface area contributed by atoms with E-state index in [9.17, 15) is 14.2 Å². The fourth-order valence-electron chi connectivity index (χ4n) is 4.24. The molecule has 216 valence electrons. The Morgan fingerprint density at radius 1 is 1.23 bits per heavy atom. The molecule has 1 aromatic carbocycles. The van der Waals surface area contributed by atoms with Gasteiger partial charge in [-0.15, -0.1) is 0 Å². The third kappa shape index (κ3) is 7.42. The Balaban J connectivity index is 1.47. The first-order valence-electron chi connectivity index (χ1n) is 13.2.